The van der Waals surface area contributed by atoms with Gasteiger partial charge in [0.05, 0.1) is 19.2 Å². The number of ketones is 1. The Hall–Kier alpha value is -1.69. The Bertz CT molecular complexity index is 535. The summed E-state index contributed by atoms with van der Waals surface area (Å²) in [6.07, 6.45) is 0.243. The lowest BCUT2D eigenvalue weighted by molar-refractivity contribution is -0.116. The van der Waals surface area contributed by atoms with Crippen molar-refractivity contribution in [3.63, 3.8) is 0 Å². The van der Waals surface area contributed by atoms with Crippen LogP contribution in [0.25, 0.3) is 0 Å². The second-order valence-electron chi connectivity index (χ2n) is 4.01. The van der Waals surface area contributed by atoms with Gasteiger partial charge in [0, 0.05) is 4.90 Å². The van der Waals surface area contributed by atoms with E-state index in [-0.39, 0.29) is 12.2 Å². The molecule has 1 heterocycles. The Morgan fingerprint density at radius 3 is 2.67 bits per heavy atom. The molecule has 0 amide bonds. The highest BCUT2D eigenvalue weighted by atomic mass is 32.2. The molecule has 0 fully saturated rings. The quantitative estimate of drug-likeness (QED) is 0.763. The number of benzene rings is 1. The molecule has 0 bridgehead atoms. The molecule has 2 aromatic rings. The Balaban J connectivity index is 1.83. The third-order valence-electron chi connectivity index (χ3n) is 2.33. The molecule has 0 atom stereocenters. The summed E-state index contributed by atoms with van der Waals surface area (Å²) in [7, 11) is 1.68. The summed E-state index contributed by atoms with van der Waals surface area (Å²) in [4.78, 5) is 14.2. The van der Waals surface area contributed by atoms with E-state index in [1.165, 1.54) is 22.1 Å². The van der Waals surface area contributed by atoms with Crippen LogP contribution in [0.2, 0.25) is 0 Å². The third-order valence-corrected chi connectivity index (χ3v) is 3.40. The molecule has 0 aliphatic rings. The van der Waals surface area contributed by atoms with Crippen LogP contribution in [0.5, 0.6) is 0 Å². The van der Waals surface area contributed by atoms with E-state index in [0.29, 0.717) is 11.6 Å². The van der Waals surface area contributed by atoms with Crippen molar-refractivity contribution >= 4 is 17.5 Å². The molecule has 0 saturated heterocycles. The van der Waals surface area contributed by atoms with Crippen molar-refractivity contribution in [2.45, 2.75) is 18.2 Å². The van der Waals surface area contributed by atoms with Gasteiger partial charge in [-0.3, -0.25) is 4.79 Å². The highest BCUT2D eigenvalue weighted by Gasteiger charge is 2.08. The van der Waals surface area contributed by atoms with Crippen LogP contribution in [0, 0.1) is 6.92 Å². The zero-order valence-corrected chi connectivity index (χ0v) is 11.1. The van der Waals surface area contributed by atoms with E-state index >= 15 is 0 Å². The topological polar surface area (TPSA) is 60.7 Å². The fourth-order valence-electron chi connectivity index (χ4n) is 1.42. The Morgan fingerprint density at radius 1 is 1.33 bits per heavy atom. The van der Waals surface area contributed by atoms with Crippen molar-refractivity contribution in [2.75, 3.05) is 5.75 Å². The number of thioether (sulfide) groups is 1. The smallest absolute Gasteiger partial charge is 0.182 e. The molecule has 0 N–H and O–H groups in total. The van der Waals surface area contributed by atoms with Crippen molar-refractivity contribution in [3.05, 3.63) is 35.7 Å². The largest absolute Gasteiger partial charge is 0.298 e. The lowest BCUT2D eigenvalue weighted by Gasteiger charge is -2.00. The van der Waals surface area contributed by atoms with E-state index in [1.807, 2.05) is 31.2 Å². The van der Waals surface area contributed by atoms with E-state index in [4.69, 9.17) is 0 Å². The molecular formula is C12H14N4OS. The standard InChI is InChI=1S/C12H14N4OS/c1-9-3-5-11(6-4-9)18-8-10(17)7-12-13-15-16(2)14-12/h3-6H,7-8H2,1-2H3. The van der Waals surface area contributed by atoms with Gasteiger partial charge in [0.15, 0.2) is 11.6 Å². The summed E-state index contributed by atoms with van der Waals surface area (Å²) in [6, 6.07) is 8.12. The van der Waals surface area contributed by atoms with Crippen LogP contribution >= 0.6 is 11.8 Å². The van der Waals surface area contributed by atoms with Crippen LogP contribution in [0.15, 0.2) is 29.2 Å². The van der Waals surface area contributed by atoms with Gasteiger partial charge in [0.2, 0.25) is 0 Å². The summed E-state index contributed by atoms with van der Waals surface area (Å²) in [5.41, 5.74) is 1.22. The maximum atomic E-state index is 11.7. The molecular weight excluding hydrogens is 248 g/mol. The Kier molecular flexibility index (Phi) is 4.09. The number of aryl methyl sites for hydroxylation is 2. The molecule has 0 aliphatic heterocycles. The second-order valence-corrected chi connectivity index (χ2v) is 5.06. The minimum atomic E-state index is 0.105. The first-order valence-electron chi connectivity index (χ1n) is 5.57. The molecule has 0 saturated carbocycles. The van der Waals surface area contributed by atoms with Gasteiger partial charge in [-0.05, 0) is 24.3 Å². The predicted octanol–water partition coefficient (Wildman–Crippen LogP) is 1.42. The van der Waals surface area contributed by atoms with Gasteiger partial charge < -0.3 is 0 Å². The monoisotopic (exact) mass is 262 g/mol. The maximum absolute atomic E-state index is 11.7. The van der Waals surface area contributed by atoms with Crippen LogP contribution in [0.3, 0.4) is 0 Å². The molecule has 0 aliphatic carbocycles. The van der Waals surface area contributed by atoms with E-state index in [0.717, 1.165) is 4.90 Å². The van der Waals surface area contributed by atoms with Gasteiger partial charge in [-0.25, -0.2) is 0 Å². The van der Waals surface area contributed by atoms with Crippen molar-refractivity contribution in [2.24, 2.45) is 7.05 Å². The molecule has 6 heteroatoms. The first kappa shape index (κ1) is 12.8. The number of nitrogens with zero attached hydrogens (tertiary/aromatic N) is 4. The minimum Gasteiger partial charge on any atom is -0.298 e. The highest BCUT2D eigenvalue weighted by Crippen LogP contribution is 2.18. The van der Waals surface area contributed by atoms with Crippen LogP contribution in [0.1, 0.15) is 11.4 Å². The van der Waals surface area contributed by atoms with Gasteiger partial charge in [-0.2, -0.15) is 4.80 Å². The van der Waals surface area contributed by atoms with Crippen molar-refractivity contribution in [3.8, 4) is 0 Å². The second kappa shape index (κ2) is 5.77. The van der Waals surface area contributed by atoms with Gasteiger partial charge in [0.25, 0.3) is 0 Å². The Morgan fingerprint density at radius 2 is 2.06 bits per heavy atom. The number of aromatic nitrogens is 4. The lowest BCUT2D eigenvalue weighted by atomic mass is 10.2. The number of rotatable bonds is 5. The van der Waals surface area contributed by atoms with Crippen LogP contribution in [-0.2, 0) is 18.3 Å². The van der Waals surface area contributed by atoms with E-state index in [2.05, 4.69) is 15.4 Å². The highest BCUT2D eigenvalue weighted by molar-refractivity contribution is 8.00. The van der Waals surface area contributed by atoms with Crippen molar-refractivity contribution in [1.82, 2.24) is 20.2 Å². The van der Waals surface area contributed by atoms with E-state index < -0.39 is 0 Å². The Labute approximate surface area is 110 Å². The third kappa shape index (κ3) is 3.66. The number of Topliss-reactive ketones (excluding diaryl/α,β-unsaturated/α-hetero) is 1. The summed E-state index contributed by atoms with van der Waals surface area (Å²) in [5, 5.41) is 11.5. The first-order valence-corrected chi connectivity index (χ1v) is 6.56. The van der Waals surface area contributed by atoms with Crippen LogP contribution < -0.4 is 0 Å². The first-order chi connectivity index (χ1) is 8.63. The molecule has 0 radical (unpaired) electrons. The molecule has 5 nitrogen and oxygen atoms in total. The summed E-state index contributed by atoms with van der Waals surface area (Å²) >= 11 is 1.53. The SMILES string of the molecule is Cc1ccc(SCC(=O)Cc2nnn(C)n2)cc1. The summed E-state index contributed by atoms with van der Waals surface area (Å²) in [5.74, 6) is 1.02. The van der Waals surface area contributed by atoms with Crippen molar-refractivity contribution in [1.29, 1.82) is 0 Å². The zero-order chi connectivity index (χ0) is 13.0. The molecule has 0 spiro atoms. The van der Waals surface area contributed by atoms with Crippen LogP contribution in [-0.4, -0.2) is 31.7 Å². The normalized spacial score (nSPS) is 10.6. The average Bonchev–Trinajstić information content (AvgIpc) is 2.74. The zero-order valence-electron chi connectivity index (χ0n) is 10.3. The fourth-order valence-corrected chi connectivity index (χ4v) is 2.18. The lowest BCUT2D eigenvalue weighted by Crippen LogP contribution is -2.07. The summed E-state index contributed by atoms with van der Waals surface area (Å²) < 4.78 is 0. The van der Waals surface area contributed by atoms with Gasteiger partial charge >= 0.3 is 0 Å². The van der Waals surface area contributed by atoms with Gasteiger partial charge in [-0.15, -0.1) is 22.0 Å². The summed E-state index contributed by atoms with van der Waals surface area (Å²) in [6.45, 7) is 2.04. The van der Waals surface area contributed by atoms with Crippen molar-refractivity contribution < 1.29 is 4.79 Å². The van der Waals surface area contributed by atoms with Crippen LogP contribution in [0.4, 0.5) is 0 Å². The molecule has 1 aromatic heterocycles. The maximum Gasteiger partial charge on any atom is 0.182 e. The molecule has 0 unspecified atom stereocenters. The predicted molar refractivity (Wildman–Crippen MR) is 69.4 cm³/mol. The van der Waals surface area contributed by atoms with Gasteiger partial charge in [0.1, 0.15) is 0 Å². The number of tetrazole rings is 1. The fraction of sp³-hybridized carbons (Fsp3) is 0.333. The number of carbonyl (C=O) groups is 1. The average molecular weight is 262 g/mol. The number of carbonyl (C=O) groups excluding carboxylic acids is 1. The number of hydrogen-bond acceptors (Lipinski definition) is 5. The molecule has 94 valence electrons. The van der Waals surface area contributed by atoms with Gasteiger partial charge in [-0.1, -0.05) is 17.7 Å². The van der Waals surface area contributed by atoms with E-state index in [1.54, 1.807) is 7.05 Å². The number of hydrogen-bond donors (Lipinski definition) is 0. The molecule has 18 heavy (non-hydrogen) atoms. The van der Waals surface area contributed by atoms with E-state index in [9.17, 15) is 4.79 Å². The minimum absolute atomic E-state index is 0.105. The molecule has 1 aromatic carbocycles. The molecule has 2 rings (SSSR count).